The molecule has 1 aliphatic rings. The summed E-state index contributed by atoms with van der Waals surface area (Å²) >= 11 is 0. The normalized spacial score (nSPS) is 22.0. The third kappa shape index (κ3) is 3.57. The summed E-state index contributed by atoms with van der Waals surface area (Å²) < 4.78 is 0. The number of rotatable bonds is 2. The highest BCUT2D eigenvalue weighted by molar-refractivity contribution is 5.92. The lowest BCUT2D eigenvalue weighted by molar-refractivity contribution is 0.0771. The van der Waals surface area contributed by atoms with Crippen molar-refractivity contribution in [3.05, 3.63) is 30.1 Å². The highest BCUT2D eigenvalue weighted by atomic mass is 35.5. The number of nitrogens with zero attached hydrogens (tertiary/aromatic N) is 2. The number of carbonyl (C=O) groups excluding carboxylic acids is 1. The van der Waals surface area contributed by atoms with Crippen LogP contribution in [0.4, 0.5) is 0 Å². The standard InChI is InChI=1S/C12H17N3O.2ClH/c1-12(8-13)5-7-15(9-12)11(16)10-4-2-3-6-14-10;;/h2-4,6H,5,7-9,13H2,1H3;2*1H. The molecule has 1 aliphatic heterocycles. The Labute approximate surface area is 120 Å². The van der Waals surface area contributed by atoms with Gasteiger partial charge in [0.25, 0.3) is 5.91 Å². The molecule has 4 nitrogen and oxygen atoms in total. The predicted molar refractivity (Wildman–Crippen MR) is 76.4 cm³/mol. The minimum atomic E-state index is 0. The minimum absolute atomic E-state index is 0. The van der Waals surface area contributed by atoms with Crippen LogP contribution in [0, 0.1) is 5.41 Å². The first-order chi connectivity index (χ1) is 7.64. The fourth-order valence-corrected chi connectivity index (χ4v) is 2.01. The average molecular weight is 292 g/mol. The van der Waals surface area contributed by atoms with E-state index in [-0.39, 0.29) is 36.1 Å². The SMILES string of the molecule is CC1(CN)CCN(C(=O)c2ccccn2)C1.Cl.Cl. The summed E-state index contributed by atoms with van der Waals surface area (Å²) in [5, 5.41) is 0. The molecule has 0 bridgehead atoms. The molecule has 0 radical (unpaired) electrons. The van der Waals surface area contributed by atoms with Crippen molar-refractivity contribution in [1.82, 2.24) is 9.88 Å². The molecular weight excluding hydrogens is 273 g/mol. The van der Waals surface area contributed by atoms with Crippen LogP contribution in [-0.2, 0) is 0 Å². The fraction of sp³-hybridized carbons (Fsp3) is 0.500. The second-order valence-corrected chi connectivity index (χ2v) is 4.71. The van der Waals surface area contributed by atoms with E-state index < -0.39 is 0 Å². The van der Waals surface area contributed by atoms with E-state index in [9.17, 15) is 4.79 Å². The van der Waals surface area contributed by atoms with E-state index in [4.69, 9.17) is 5.73 Å². The zero-order valence-corrected chi connectivity index (χ0v) is 12.0. The molecule has 102 valence electrons. The summed E-state index contributed by atoms with van der Waals surface area (Å²) in [6, 6.07) is 5.39. The van der Waals surface area contributed by atoms with E-state index in [1.807, 2.05) is 17.0 Å². The molecule has 6 heteroatoms. The molecule has 1 saturated heterocycles. The zero-order valence-electron chi connectivity index (χ0n) is 10.3. The van der Waals surface area contributed by atoms with Gasteiger partial charge < -0.3 is 10.6 Å². The van der Waals surface area contributed by atoms with Crippen LogP contribution in [0.3, 0.4) is 0 Å². The second kappa shape index (κ2) is 6.92. The summed E-state index contributed by atoms with van der Waals surface area (Å²) in [5.74, 6) is 0.0118. The van der Waals surface area contributed by atoms with Gasteiger partial charge in [0.15, 0.2) is 0 Å². The van der Waals surface area contributed by atoms with Gasteiger partial charge in [-0.3, -0.25) is 9.78 Å². The highest BCUT2D eigenvalue weighted by Gasteiger charge is 2.35. The van der Waals surface area contributed by atoms with E-state index in [1.165, 1.54) is 0 Å². The van der Waals surface area contributed by atoms with Gasteiger partial charge in [-0.15, -0.1) is 24.8 Å². The number of aromatic nitrogens is 1. The Morgan fingerprint density at radius 1 is 1.50 bits per heavy atom. The fourth-order valence-electron chi connectivity index (χ4n) is 2.01. The molecule has 1 aromatic heterocycles. The van der Waals surface area contributed by atoms with Gasteiger partial charge >= 0.3 is 0 Å². The topological polar surface area (TPSA) is 59.2 Å². The maximum absolute atomic E-state index is 12.1. The molecule has 0 saturated carbocycles. The number of likely N-dealkylation sites (tertiary alicyclic amines) is 1. The molecular formula is C12H19Cl2N3O. The van der Waals surface area contributed by atoms with Gasteiger partial charge in [-0.05, 0) is 30.5 Å². The molecule has 0 spiro atoms. The van der Waals surface area contributed by atoms with Crippen molar-refractivity contribution in [3.8, 4) is 0 Å². The van der Waals surface area contributed by atoms with Crippen LogP contribution in [0.2, 0.25) is 0 Å². The molecule has 0 aliphatic carbocycles. The van der Waals surface area contributed by atoms with Gasteiger partial charge in [0, 0.05) is 19.3 Å². The monoisotopic (exact) mass is 291 g/mol. The van der Waals surface area contributed by atoms with Crippen molar-refractivity contribution in [2.45, 2.75) is 13.3 Å². The van der Waals surface area contributed by atoms with Crippen molar-refractivity contribution >= 4 is 30.7 Å². The van der Waals surface area contributed by atoms with Gasteiger partial charge in [-0.1, -0.05) is 13.0 Å². The van der Waals surface area contributed by atoms with E-state index in [2.05, 4.69) is 11.9 Å². The van der Waals surface area contributed by atoms with Crippen molar-refractivity contribution < 1.29 is 4.79 Å². The van der Waals surface area contributed by atoms with Gasteiger partial charge in [0.1, 0.15) is 5.69 Å². The largest absolute Gasteiger partial charge is 0.337 e. The molecule has 1 amide bonds. The van der Waals surface area contributed by atoms with Crippen LogP contribution in [-0.4, -0.2) is 35.4 Å². The number of amides is 1. The summed E-state index contributed by atoms with van der Waals surface area (Å²) in [7, 11) is 0. The smallest absolute Gasteiger partial charge is 0.272 e. The summed E-state index contributed by atoms with van der Waals surface area (Å²) in [6.07, 6.45) is 2.62. The third-order valence-electron chi connectivity index (χ3n) is 3.22. The van der Waals surface area contributed by atoms with Crippen molar-refractivity contribution in [2.24, 2.45) is 11.1 Å². The average Bonchev–Trinajstić information content (AvgIpc) is 2.73. The molecule has 0 aromatic carbocycles. The maximum Gasteiger partial charge on any atom is 0.272 e. The number of halogens is 2. The zero-order chi connectivity index (χ0) is 11.6. The minimum Gasteiger partial charge on any atom is -0.337 e. The van der Waals surface area contributed by atoms with E-state index >= 15 is 0 Å². The molecule has 2 heterocycles. The van der Waals surface area contributed by atoms with Crippen LogP contribution in [0.15, 0.2) is 24.4 Å². The Hall–Kier alpha value is -0.840. The Morgan fingerprint density at radius 3 is 2.72 bits per heavy atom. The van der Waals surface area contributed by atoms with Crippen LogP contribution in [0.25, 0.3) is 0 Å². The predicted octanol–water partition coefficient (Wildman–Crippen LogP) is 1.74. The number of nitrogens with two attached hydrogens (primary N) is 1. The molecule has 1 fully saturated rings. The second-order valence-electron chi connectivity index (χ2n) is 4.71. The Morgan fingerprint density at radius 2 is 2.22 bits per heavy atom. The molecule has 1 atom stereocenters. The third-order valence-corrected chi connectivity index (χ3v) is 3.22. The summed E-state index contributed by atoms with van der Waals surface area (Å²) in [5.41, 5.74) is 6.31. The lowest BCUT2D eigenvalue weighted by Gasteiger charge is -2.22. The number of hydrogen-bond acceptors (Lipinski definition) is 3. The maximum atomic E-state index is 12.1. The first kappa shape index (κ1) is 17.2. The molecule has 18 heavy (non-hydrogen) atoms. The lowest BCUT2D eigenvalue weighted by atomic mass is 9.90. The molecule has 1 aromatic rings. The van der Waals surface area contributed by atoms with Gasteiger partial charge in [0.05, 0.1) is 0 Å². The number of pyridine rings is 1. The molecule has 2 rings (SSSR count). The van der Waals surface area contributed by atoms with Crippen molar-refractivity contribution in [3.63, 3.8) is 0 Å². The lowest BCUT2D eigenvalue weighted by Crippen LogP contribution is -2.34. The van der Waals surface area contributed by atoms with E-state index in [0.717, 1.165) is 19.5 Å². The van der Waals surface area contributed by atoms with E-state index in [1.54, 1.807) is 12.3 Å². The van der Waals surface area contributed by atoms with Crippen LogP contribution in [0.1, 0.15) is 23.8 Å². The summed E-state index contributed by atoms with van der Waals surface area (Å²) in [6.45, 7) is 4.26. The first-order valence-corrected chi connectivity index (χ1v) is 5.55. The molecule has 1 unspecified atom stereocenters. The van der Waals surface area contributed by atoms with Crippen LogP contribution < -0.4 is 5.73 Å². The first-order valence-electron chi connectivity index (χ1n) is 5.55. The number of hydrogen-bond donors (Lipinski definition) is 1. The van der Waals surface area contributed by atoms with E-state index in [0.29, 0.717) is 12.2 Å². The van der Waals surface area contributed by atoms with Crippen LogP contribution in [0.5, 0.6) is 0 Å². The Bertz CT molecular complexity index is 388. The molecule has 2 N–H and O–H groups in total. The quantitative estimate of drug-likeness (QED) is 0.903. The number of carbonyl (C=O) groups is 1. The van der Waals surface area contributed by atoms with Gasteiger partial charge in [0.2, 0.25) is 0 Å². The Balaban J connectivity index is 0.00000144. The summed E-state index contributed by atoms with van der Waals surface area (Å²) in [4.78, 5) is 18.0. The van der Waals surface area contributed by atoms with Gasteiger partial charge in [-0.2, -0.15) is 0 Å². The van der Waals surface area contributed by atoms with Crippen molar-refractivity contribution in [2.75, 3.05) is 19.6 Å². The van der Waals surface area contributed by atoms with Crippen LogP contribution >= 0.6 is 24.8 Å². The van der Waals surface area contributed by atoms with Gasteiger partial charge in [-0.25, -0.2) is 0 Å². The van der Waals surface area contributed by atoms with Crippen molar-refractivity contribution in [1.29, 1.82) is 0 Å². The Kier molecular flexibility index (Phi) is 6.60. The highest BCUT2D eigenvalue weighted by Crippen LogP contribution is 2.29.